The van der Waals surface area contributed by atoms with Crippen molar-refractivity contribution in [1.29, 1.82) is 0 Å². The second-order valence-corrected chi connectivity index (χ2v) is 11.4. The molecular weight excluding hydrogens is 564 g/mol. The van der Waals surface area contributed by atoms with E-state index in [1.165, 1.54) is 9.80 Å². The molecule has 0 aromatic heterocycles. The first-order valence-electron chi connectivity index (χ1n) is 12.4. The highest BCUT2D eigenvalue weighted by Crippen LogP contribution is 2.60. The van der Waals surface area contributed by atoms with Gasteiger partial charge >= 0.3 is 5.97 Å². The molecule has 1 N–H and O–H groups in total. The normalized spacial score (nSPS) is 30.6. The number of amides is 2. The Balaban J connectivity index is 1.74. The van der Waals surface area contributed by atoms with Gasteiger partial charge in [-0.05, 0) is 50.5 Å². The predicted molar refractivity (Wildman–Crippen MR) is 143 cm³/mol. The van der Waals surface area contributed by atoms with Gasteiger partial charge in [0.15, 0.2) is 0 Å². The molecular formula is C27H32BrClN2O6. The largest absolute Gasteiger partial charge is 0.465 e. The Kier molecular flexibility index (Phi) is 8.48. The zero-order valence-corrected chi connectivity index (χ0v) is 23.1. The van der Waals surface area contributed by atoms with Gasteiger partial charge in [0, 0.05) is 22.1 Å². The number of hydrogen-bond acceptors (Lipinski definition) is 6. The fraction of sp³-hybridized carbons (Fsp3) is 0.519. The van der Waals surface area contributed by atoms with Crippen LogP contribution in [0.1, 0.15) is 26.2 Å². The Labute approximate surface area is 230 Å². The number of unbranched alkanes of at least 4 members (excludes halogenated alkanes) is 1. The summed E-state index contributed by atoms with van der Waals surface area (Å²) in [4.78, 5) is 44.2. The molecule has 8 nitrogen and oxygen atoms in total. The van der Waals surface area contributed by atoms with E-state index in [1.54, 1.807) is 43.3 Å². The summed E-state index contributed by atoms with van der Waals surface area (Å²) in [7, 11) is 0. The van der Waals surface area contributed by atoms with Crippen LogP contribution in [-0.2, 0) is 23.9 Å². The van der Waals surface area contributed by atoms with Crippen molar-refractivity contribution < 1.29 is 29.0 Å². The fourth-order valence-corrected chi connectivity index (χ4v) is 6.96. The zero-order chi connectivity index (χ0) is 26.9. The van der Waals surface area contributed by atoms with Crippen LogP contribution in [0.4, 0.5) is 5.69 Å². The Morgan fingerprint density at radius 1 is 1.35 bits per heavy atom. The lowest BCUT2D eigenvalue weighted by atomic mass is 9.70. The van der Waals surface area contributed by atoms with Crippen molar-refractivity contribution >= 4 is 51.0 Å². The van der Waals surface area contributed by atoms with Gasteiger partial charge in [0.2, 0.25) is 5.91 Å². The molecule has 1 spiro atoms. The average molecular weight is 596 g/mol. The number of ether oxygens (including phenoxy) is 2. The van der Waals surface area contributed by atoms with Crippen LogP contribution in [0.15, 0.2) is 49.6 Å². The lowest BCUT2D eigenvalue weighted by molar-refractivity contribution is -0.155. The molecule has 1 aromatic rings. The van der Waals surface area contributed by atoms with E-state index in [4.69, 9.17) is 21.1 Å². The summed E-state index contributed by atoms with van der Waals surface area (Å²) in [6.07, 6.45) is 4.43. The Hall–Kier alpha value is -2.20. The number of carbonyl (C=O) groups excluding carboxylic acids is 3. The summed E-state index contributed by atoms with van der Waals surface area (Å²) in [5, 5.41) is 10.5. The first-order valence-corrected chi connectivity index (χ1v) is 13.7. The van der Waals surface area contributed by atoms with Crippen LogP contribution in [0.2, 0.25) is 5.02 Å². The predicted octanol–water partition coefficient (Wildman–Crippen LogP) is 3.50. The lowest BCUT2D eigenvalue weighted by Gasteiger charge is -2.38. The minimum absolute atomic E-state index is 0.184. The number of aliphatic hydroxyl groups is 1. The minimum atomic E-state index is -1.24. The number of likely N-dealkylation sites (tertiary alicyclic amines) is 1. The van der Waals surface area contributed by atoms with Gasteiger partial charge in [-0.15, -0.1) is 13.2 Å². The lowest BCUT2D eigenvalue weighted by Crippen LogP contribution is -2.58. The van der Waals surface area contributed by atoms with E-state index in [1.807, 2.05) is 0 Å². The van der Waals surface area contributed by atoms with Crippen LogP contribution in [0, 0.1) is 11.8 Å². The quantitative estimate of drug-likeness (QED) is 0.182. The van der Waals surface area contributed by atoms with E-state index >= 15 is 0 Å². The molecule has 7 atom stereocenters. The van der Waals surface area contributed by atoms with Crippen LogP contribution in [0.25, 0.3) is 0 Å². The number of hydrogen-bond donors (Lipinski definition) is 1. The van der Waals surface area contributed by atoms with Gasteiger partial charge < -0.3 is 24.4 Å². The van der Waals surface area contributed by atoms with Crippen molar-refractivity contribution in [3.8, 4) is 0 Å². The molecule has 1 aromatic carbocycles. The molecule has 4 rings (SSSR count). The molecule has 3 fully saturated rings. The van der Waals surface area contributed by atoms with Crippen LogP contribution in [-0.4, -0.2) is 76.2 Å². The fourth-order valence-electron chi connectivity index (χ4n) is 5.90. The summed E-state index contributed by atoms with van der Waals surface area (Å²) in [5.41, 5.74) is -0.660. The molecule has 2 bridgehead atoms. The highest BCUT2D eigenvalue weighted by molar-refractivity contribution is 9.09. The molecule has 3 unspecified atom stereocenters. The summed E-state index contributed by atoms with van der Waals surface area (Å²) < 4.78 is 12.0. The van der Waals surface area contributed by atoms with Gasteiger partial charge in [0.25, 0.3) is 5.91 Å². The summed E-state index contributed by atoms with van der Waals surface area (Å²) in [6, 6.07) is 5.09. The smallest absolute Gasteiger partial charge is 0.312 e. The van der Waals surface area contributed by atoms with Gasteiger partial charge in [0.1, 0.15) is 11.6 Å². The summed E-state index contributed by atoms with van der Waals surface area (Å²) >= 11 is 9.70. The van der Waals surface area contributed by atoms with E-state index in [0.717, 1.165) is 0 Å². The van der Waals surface area contributed by atoms with Crippen molar-refractivity contribution in [3.05, 3.63) is 54.6 Å². The van der Waals surface area contributed by atoms with Gasteiger partial charge in [-0.2, -0.15) is 0 Å². The molecule has 3 aliphatic heterocycles. The molecule has 0 saturated carbocycles. The van der Waals surface area contributed by atoms with E-state index < -0.39 is 41.6 Å². The van der Waals surface area contributed by atoms with Crippen molar-refractivity contribution in [2.45, 2.75) is 54.8 Å². The third kappa shape index (κ3) is 4.75. The van der Waals surface area contributed by atoms with Gasteiger partial charge in [-0.25, -0.2) is 0 Å². The Bertz CT molecular complexity index is 1070. The summed E-state index contributed by atoms with van der Waals surface area (Å²) in [6.45, 7) is 9.18. The Morgan fingerprint density at radius 3 is 2.68 bits per heavy atom. The molecule has 2 amide bonds. The van der Waals surface area contributed by atoms with E-state index in [9.17, 15) is 19.5 Å². The maximum absolute atomic E-state index is 14.3. The molecule has 3 heterocycles. The van der Waals surface area contributed by atoms with Crippen LogP contribution >= 0.6 is 27.5 Å². The number of esters is 1. The SMILES string of the molecule is C=CCCCOC(=O)[C@H]1[C@H]2C(=O)N([C@H](C)CO)C(C(=O)N(CC=C)c3ccc(Cl)cc3)C23CC(Br)[C@@H]1O3. The van der Waals surface area contributed by atoms with Crippen molar-refractivity contribution in [3.63, 3.8) is 0 Å². The number of anilines is 1. The van der Waals surface area contributed by atoms with Gasteiger partial charge in [0.05, 0.1) is 37.2 Å². The third-order valence-corrected chi connectivity index (χ3v) is 8.58. The number of benzene rings is 1. The zero-order valence-electron chi connectivity index (χ0n) is 20.7. The molecule has 3 aliphatic rings. The van der Waals surface area contributed by atoms with Crippen molar-refractivity contribution in [1.82, 2.24) is 4.90 Å². The number of aliphatic hydroxyl groups excluding tert-OH is 1. The topological polar surface area (TPSA) is 96.4 Å². The first-order chi connectivity index (χ1) is 17.7. The van der Waals surface area contributed by atoms with E-state index in [-0.39, 0.29) is 36.4 Å². The molecule has 200 valence electrons. The monoisotopic (exact) mass is 594 g/mol. The van der Waals surface area contributed by atoms with Gasteiger partial charge in [-0.3, -0.25) is 14.4 Å². The molecule has 3 saturated heterocycles. The molecule has 0 aliphatic carbocycles. The molecule has 37 heavy (non-hydrogen) atoms. The highest BCUT2D eigenvalue weighted by atomic mass is 79.9. The third-order valence-electron chi connectivity index (χ3n) is 7.49. The number of allylic oxidation sites excluding steroid dienone is 1. The van der Waals surface area contributed by atoms with Crippen molar-refractivity contribution in [2.75, 3.05) is 24.7 Å². The standard InChI is InChI=1S/C27H32BrClN2O6/c1-4-6-7-13-36-26(35)20-21-24(33)31(16(3)15-32)23(27(21)14-19(28)22(20)37-27)25(34)30(12-5-2)18-10-8-17(29)9-11-18/h4-5,8-11,16,19-23,32H,1-2,6-7,12-15H2,3H3/t16-,19?,20+,21+,22+,23?,27?/m1/s1. The van der Waals surface area contributed by atoms with Crippen LogP contribution in [0.5, 0.6) is 0 Å². The minimum Gasteiger partial charge on any atom is -0.465 e. The first kappa shape index (κ1) is 27.8. The van der Waals surface area contributed by atoms with Crippen LogP contribution < -0.4 is 4.90 Å². The number of fused-ring (bicyclic) bond motifs is 1. The van der Waals surface area contributed by atoms with E-state index in [0.29, 0.717) is 30.0 Å². The second-order valence-electron chi connectivity index (χ2n) is 9.75. The number of rotatable bonds is 11. The number of alkyl halides is 1. The van der Waals surface area contributed by atoms with Crippen LogP contribution in [0.3, 0.4) is 0 Å². The molecule has 0 radical (unpaired) electrons. The number of carbonyl (C=O) groups is 3. The van der Waals surface area contributed by atoms with Gasteiger partial charge in [-0.1, -0.05) is 39.7 Å². The highest BCUT2D eigenvalue weighted by Gasteiger charge is 2.77. The van der Waals surface area contributed by atoms with Crippen molar-refractivity contribution in [2.24, 2.45) is 11.8 Å². The maximum atomic E-state index is 14.3. The number of nitrogens with zero attached hydrogens (tertiary/aromatic N) is 2. The number of halogens is 2. The Morgan fingerprint density at radius 2 is 2.05 bits per heavy atom. The maximum Gasteiger partial charge on any atom is 0.312 e. The average Bonchev–Trinajstić information content (AvgIpc) is 3.48. The summed E-state index contributed by atoms with van der Waals surface area (Å²) in [5.74, 6) is -3.02. The molecule has 10 heteroatoms. The van der Waals surface area contributed by atoms with E-state index in [2.05, 4.69) is 29.1 Å². The second kappa shape index (κ2) is 11.3.